The van der Waals surface area contributed by atoms with E-state index in [-0.39, 0.29) is 11.4 Å². The molecule has 0 aliphatic carbocycles. The second-order valence-corrected chi connectivity index (χ2v) is 5.28. The fraction of sp³-hybridized carbons (Fsp3) is 0.571. The van der Waals surface area contributed by atoms with Gasteiger partial charge in [0, 0.05) is 13.1 Å². The van der Waals surface area contributed by atoms with Gasteiger partial charge in [-0.15, -0.1) is 0 Å². The summed E-state index contributed by atoms with van der Waals surface area (Å²) in [6, 6.07) is 3.66. The number of anilines is 1. The number of ether oxygens (including phenoxy) is 1. The fourth-order valence-corrected chi connectivity index (χ4v) is 2.20. The minimum Gasteiger partial charge on any atom is -0.384 e. The maximum Gasteiger partial charge on any atom is 0.273 e. The van der Waals surface area contributed by atoms with Crippen LogP contribution < -0.4 is 5.32 Å². The van der Waals surface area contributed by atoms with Crippen molar-refractivity contribution in [2.45, 2.75) is 26.3 Å². The minimum absolute atomic E-state index is 0.0312. The van der Waals surface area contributed by atoms with Crippen molar-refractivity contribution in [1.82, 2.24) is 9.88 Å². The highest BCUT2D eigenvalue weighted by Gasteiger charge is 2.34. The average molecular weight is 263 g/mol. The van der Waals surface area contributed by atoms with Crippen LogP contribution in [-0.2, 0) is 4.74 Å². The van der Waals surface area contributed by atoms with Gasteiger partial charge >= 0.3 is 0 Å². The van der Waals surface area contributed by atoms with Crippen molar-refractivity contribution < 1.29 is 9.53 Å². The number of rotatable bonds is 3. The standard InChI is InChI=1S/C14H21N3O2/c1-4-15-11-5-6-12(16-9-11)13(18)17-7-8-19-10-14(17,2)3/h5-6,9,15H,4,7-8,10H2,1-3H3. The molecule has 19 heavy (non-hydrogen) atoms. The summed E-state index contributed by atoms with van der Waals surface area (Å²) in [4.78, 5) is 18.6. The van der Waals surface area contributed by atoms with E-state index in [2.05, 4.69) is 10.3 Å². The fourth-order valence-electron chi connectivity index (χ4n) is 2.20. The highest BCUT2D eigenvalue weighted by molar-refractivity contribution is 5.93. The van der Waals surface area contributed by atoms with E-state index < -0.39 is 0 Å². The Hall–Kier alpha value is -1.62. The van der Waals surface area contributed by atoms with Crippen LogP contribution in [0.1, 0.15) is 31.3 Å². The molecule has 2 rings (SSSR count). The Morgan fingerprint density at radius 1 is 1.53 bits per heavy atom. The van der Waals surface area contributed by atoms with Gasteiger partial charge in [-0.2, -0.15) is 0 Å². The number of amides is 1. The van der Waals surface area contributed by atoms with Crippen molar-refractivity contribution in [1.29, 1.82) is 0 Å². The monoisotopic (exact) mass is 263 g/mol. The lowest BCUT2D eigenvalue weighted by molar-refractivity contribution is -0.0373. The summed E-state index contributed by atoms with van der Waals surface area (Å²) in [5.41, 5.74) is 1.13. The number of hydrogen-bond acceptors (Lipinski definition) is 4. The second-order valence-electron chi connectivity index (χ2n) is 5.28. The lowest BCUT2D eigenvalue weighted by Crippen LogP contribution is -2.55. The van der Waals surface area contributed by atoms with E-state index in [1.807, 2.05) is 31.7 Å². The average Bonchev–Trinajstić information content (AvgIpc) is 2.39. The maximum atomic E-state index is 12.5. The largest absolute Gasteiger partial charge is 0.384 e. The van der Waals surface area contributed by atoms with Crippen LogP contribution in [0.25, 0.3) is 0 Å². The van der Waals surface area contributed by atoms with Crippen molar-refractivity contribution >= 4 is 11.6 Å². The van der Waals surface area contributed by atoms with Crippen LogP contribution in [0.15, 0.2) is 18.3 Å². The van der Waals surface area contributed by atoms with Gasteiger partial charge in [0.25, 0.3) is 5.91 Å². The number of aromatic nitrogens is 1. The molecule has 0 atom stereocenters. The third-order valence-corrected chi connectivity index (χ3v) is 3.25. The molecule has 1 N–H and O–H groups in total. The van der Waals surface area contributed by atoms with Gasteiger partial charge in [-0.3, -0.25) is 4.79 Å². The van der Waals surface area contributed by atoms with Gasteiger partial charge in [0.2, 0.25) is 0 Å². The van der Waals surface area contributed by atoms with Crippen molar-refractivity contribution in [3.63, 3.8) is 0 Å². The molecule has 1 fully saturated rings. The highest BCUT2D eigenvalue weighted by atomic mass is 16.5. The molecule has 2 heterocycles. The SMILES string of the molecule is CCNc1ccc(C(=O)N2CCOCC2(C)C)nc1. The molecule has 0 unspecified atom stereocenters. The summed E-state index contributed by atoms with van der Waals surface area (Å²) in [5, 5.41) is 3.16. The Bertz CT molecular complexity index is 443. The second kappa shape index (κ2) is 5.57. The molecule has 5 heteroatoms. The molecule has 1 saturated heterocycles. The van der Waals surface area contributed by atoms with Crippen LogP contribution in [0, 0.1) is 0 Å². The van der Waals surface area contributed by atoms with E-state index in [9.17, 15) is 4.79 Å². The summed E-state index contributed by atoms with van der Waals surface area (Å²) >= 11 is 0. The van der Waals surface area contributed by atoms with Crippen LogP contribution in [0.2, 0.25) is 0 Å². The van der Waals surface area contributed by atoms with E-state index in [0.29, 0.717) is 25.5 Å². The summed E-state index contributed by atoms with van der Waals surface area (Å²) in [6.07, 6.45) is 1.70. The molecule has 1 amide bonds. The van der Waals surface area contributed by atoms with Crippen LogP contribution in [0.4, 0.5) is 5.69 Å². The first kappa shape index (κ1) is 13.8. The van der Waals surface area contributed by atoms with E-state index >= 15 is 0 Å². The predicted molar refractivity (Wildman–Crippen MR) is 74.3 cm³/mol. The highest BCUT2D eigenvalue weighted by Crippen LogP contribution is 2.21. The van der Waals surface area contributed by atoms with Crippen LogP contribution >= 0.6 is 0 Å². The Morgan fingerprint density at radius 3 is 2.89 bits per heavy atom. The number of nitrogens with zero attached hydrogens (tertiary/aromatic N) is 2. The molecule has 0 spiro atoms. The number of nitrogens with one attached hydrogen (secondary N) is 1. The molecule has 0 aromatic carbocycles. The van der Waals surface area contributed by atoms with Gasteiger partial charge in [0.05, 0.1) is 30.6 Å². The number of carbonyl (C=O) groups excluding carboxylic acids is 1. The molecule has 0 saturated carbocycles. The summed E-state index contributed by atoms with van der Waals surface area (Å²) in [6.45, 7) is 8.65. The summed E-state index contributed by atoms with van der Waals surface area (Å²) < 4.78 is 5.43. The molecule has 1 aromatic heterocycles. The van der Waals surface area contributed by atoms with Gasteiger partial charge in [-0.25, -0.2) is 4.98 Å². The van der Waals surface area contributed by atoms with Crippen molar-refractivity contribution in [2.24, 2.45) is 0 Å². The molecule has 1 aliphatic rings. The quantitative estimate of drug-likeness (QED) is 0.903. The normalized spacial score (nSPS) is 18.2. The summed E-state index contributed by atoms with van der Waals surface area (Å²) in [7, 11) is 0. The lowest BCUT2D eigenvalue weighted by Gasteiger charge is -2.41. The number of carbonyl (C=O) groups is 1. The molecular formula is C14H21N3O2. The van der Waals surface area contributed by atoms with E-state index in [1.54, 1.807) is 12.3 Å². The first-order valence-corrected chi connectivity index (χ1v) is 6.64. The maximum absolute atomic E-state index is 12.5. The smallest absolute Gasteiger partial charge is 0.273 e. The Balaban J connectivity index is 2.14. The first-order valence-electron chi connectivity index (χ1n) is 6.64. The van der Waals surface area contributed by atoms with E-state index in [1.165, 1.54) is 0 Å². The molecule has 1 aliphatic heterocycles. The molecule has 104 valence electrons. The van der Waals surface area contributed by atoms with Crippen molar-refractivity contribution in [3.8, 4) is 0 Å². The lowest BCUT2D eigenvalue weighted by atomic mass is 10.0. The van der Waals surface area contributed by atoms with Crippen molar-refractivity contribution in [3.05, 3.63) is 24.0 Å². The topological polar surface area (TPSA) is 54.5 Å². The summed E-state index contributed by atoms with van der Waals surface area (Å²) in [5.74, 6) is -0.0312. The molecule has 0 radical (unpaired) electrons. The van der Waals surface area contributed by atoms with Crippen LogP contribution in [-0.4, -0.2) is 47.6 Å². The number of hydrogen-bond donors (Lipinski definition) is 1. The molecular weight excluding hydrogens is 242 g/mol. The molecule has 1 aromatic rings. The number of pyridine rings is 1. The third-order valence-electron chi connectivity index (χ3n) is 3.25. The van der Waals surface area contributed by atoms with Gasteiger partial charge in [0.1, 0.15) is 5.69 Å². The Kier molecular flexibility index (Phi) is 4.04. The Labute approximate surface area is 114 Å². The third kappa shape index (κ3) is 3.04. The molecule has 5 nitrogen and oxygen atoms in total. The molecule has 0 bridgehead atoms. The zero-order valence-corrected chi connectivity index (χ0v) is 11.8. The van der Waals surface area contributed by atoms with Gasteiger partial charge in [0.15, 0.2) is 0 Å². The van der Waals surface area contributed by atoms with Gasteiger partial charge in [-0.1, -0.05) is 0 Å². The van der Waals surface area contributed by atoms with Gasteiger partial charge < -0.3 is 15.0 Å². The van der Waals surface area contributed by atoms with Crippen LogP contribution in [0.3, 0.4) is 0 Å². The van der Waals surface area contributed by atoms with Crippen LogP contribution in [0.5, 0.6) is 0 Å². The van der Waals surface area contributed by atoms with Crippen molar-refractivity contribution in [2.75, 3.05) is 31.6 Å². The van der Waals surface area contributed by atoms with Gasteiger partial charge in [-0.05, 0) is 32.9 Å². The Morgan fingerprint density at radius 2 is 2.32 bits per heavy atom. The van der Waals surface area contributed by atoms with E-state index in [0.717, 1.165) is 12.2 Å². The predicted octanol–water partition coefficient (Wildman–Crippen LogP) is 1.76. The zero-order chi connectivity index (χ0) is 13.9. The number of morpholine rings is 1. The first-order chi connectivity index (χ1) is 9.04. The minimum atomic E-state index is -0.280. The van der Waals surface area contributed by atoms with E-state index in [4.69, 9.17) is 4.74 Å². The zero-order valence-electron chi connectivity index (χ0n) is 11.8.